The summed E-state index contributed by atoms with van der Waals surface area (Å²) in [5.41, 5.74) is 0. The topological polar surface area (TPSA) is 79.4 Å². The summed E-state index contributed by atoms with van der Waals surface area (Å²) in [6.45, 7) is 5.13. The molecule has 0 aromatic heterocycles. The molecular formula is C25H39N3O5S. The van der Waals surface area contributed by atoms with Crippen molar-refractivity contribution in [2.45, 2.75) is 74.9 Å². The van der Waals surface area contributed by atoms with Crippen molar-refractivity contribution in [3.05, 3.63) is 18.2 Å². The normalized spacial score (nSPS) is 26.8. The number of benzene rings is 1. The maximum atomic E-state index is 14.0. The van der Waals surface area contributed by atoms with E-state index in [1.54, 1.807) is 16.4 Å². The lowest BCUT2D eigenvalue weighted by molar-refractivity contribution is -0.136. The maximum Gasteiger partial charge on any atom is 0.244 e. The maximum absolute atomic E-state index is 14.0. The molecule has 0 N–H and O–H groups in total. The molecule has 4 rings (SSSR count). The first-order valence-electron chi connectivity index (χ1n) is 12.6. The summed E-state index contributed by atoms with van der Waals surface area (Å²) in [4.78, 5) is 18.2. The molecule has 1 amide bonds. The van der Waals surface area contributed by atoms with Crippen LogP contribution in [-0.2, 0) is 14.8 Å². The van der Waals surface area contributed by atoms with Crippen molar-refractivity contribution in [2.24, 2.45) is 5.92 Å². The van der Waals surface area contributed by atoms with Gasteiger partial charge in [0, 0.05) is 38.3 Å². The fourth-order valence-electron chi connectivity index (χ4n) is 6.11. The molecular weight excluding hydrogens is 454 g/mol. The van der Waals surface area contributed by atoms with Crippen molar-refractivity contribution in [1.82, 2.24) is 14.1 Å². The van der Waals surface area contributed by atoms with Gasteiger partial charge in [-0.05, 0) is 56.7 Å². The minimum atomic E-state index is -3.90. The third kappa shape index (κ3) is 4.66. The predicted octanol–water partition coefficient (Wildman–Crippen LogP) is 2.97. The first-order chi connectivity index (χ1) is 16.3. The van der Waals surface area contributed by atoms with Crippen molar-refractivity contribution in [1.29, 1.82) is 0 Å². The monoisotopic (exact) mass is 493 g/mol. The minimum Gasteiger partial charge on any atom is -0.493 e. The van der Waals surface area contributed by atoms with Crippen molar-refractivity contribution in [3.8, 4) is 11.5 Å². The second-order valence-corrected chi connectivity index (χ2v) is 11.7. The van der Waals surface area contributed by atoms with E-state index in [0.717, 1.165) is 58.2 Å². The summed E-state index contributed by atoms with van der Waals surface area (Å²) in [5, 5.41) is 0. The van der Waals surface area contributed by atoms with Gasteiger partial charge in [0.05, 0.1) is 19.1 Å². The molecule has 3 aliphatic rings. The fourth-order valence-corrected chi connectivity index (χ4v) is 8.00. The van der Waals surface area contributed by atoms with E-state index in [-0.39, 0.29) is 28.8 Å². The Hall–Kier alpha value is -1.84. The number of sulfonamides is 1. The van der Waals surface area contributed by atoms with Crippen LogP contribution < -0.4 is 9.47 Å². The molecule has 34 heavy (non-hydrogen) atoms. The van der Waals surface area contributed by atoms with Gasteiger partial charge >= 0.3 is 0 Å². The van der Waals surface area contributed by atoms with E-state index in [1.165, 1.54) is 20.3 Å². The third-order valence-corrected chi connectivity index (χ3v) is 10.1. The van der Waals surface area contributed by atoms with Gasteiger partial charge in [0.25, 0.3) is 0 Å². The molecule has 0 radical (unpaired) electrons. The SMILES string of the molecule is CCN1CCC(N(C)C(=O)C2CC3CCCCC3N2S(=O)(=O)c2ccc(OC)c(OC)c2)CC1. The number of amides is 1. The Morgan fingerprint density at radius 1 is 1.06 bits per heavy atom. The highest BCUT2D eigenvalue weighted by molar-refractivity contribution is 7.89. The van der Waals surface area contributed by atoms with Crippen molar-refractivity contribution in [2.75, 3.05) is 40.9 Å². The Bertz CT molecular complexity index is 977. The zero-order valence-corrected chi connectivity index (χ0v) is 21.7. The molecule has 2 saturated heterocycles. The van der Waals surface area contributed by atoms with E-state index in [4.69, 9.17) is 9.47 Å². The van der Waals surface area contributed by atoms with E-state index < -0.39 is 16.1 Å². The summed E-state index contributed by atoms with van der Waals surface area (Å²) in [7, 11) is 0.978. The van der Waals surface area contributed by atoms with Crippen LogP contribution in [0.3, 0.4) is 0 Å². The highest BCUT2D eigenvalue weighted by Gasteiger charge is 2.52. The fraction of sp³-hybridized carbons (Fsp3) is 0.720. The molecule has 1 aromatic carbocycles. The molecule has 0 spiro atoms. The van der Waals surface area contributed by atoms with Gasteiger partial charge in [-0.2, -0.15) is 4.31 Å². The van der Waals surface area contributed by atoms with E-state index >= 15 is 0 Å². The zero-order valence-electron chi connectivity index (χ0n) is 20.9. The van der Waals surface area contributed by atoms with Gasteiger partial charge in [0.15, 0.2) is 11.5 Å². The van der Waals surface area contributed by atoms with Gasteiger partial charge in [-0.1, -0.05) is 19.8 Å². The Labute approximate surface area is 204 Å². The molecule has 1 saturated carbocycles. The van der Waals surface area contributed by atoms with E-state index in [0.29, 0.717) is 17.9 Å². The summed E-state index contributed by atoms with van der Waals surface area (Å²) >= 11 is 0. The number of methoxy groups -OCH3 is 2. The summed E-state index contributed by atoms with van der Waals surface area (Å²) in [6, 6.07) is 4.05. The van der Waals surface area contributed by atoms with Crippen LogP contribution in [0.5, 0.6) is 11.5 Å². The number of fused-ring (bicyclic) bond motifs is 1. The molecule has 2 heterocycles. The summed E-state index contributed by atoms with van der Waals surface area (Å²) in [6.07, 6.45) is 6.33. The van der Waals surface area contributed by atoms with Crippen LogP contribution in [0.2, 0.25) is 0 Å². The Morgan fingerprint density at radius 2 is 1.74 bits per heavy atom. The number of likely N-dealkylation sites (tertiary alicyclic amines) is 1. The number of hydrogen-bond donors (Lipinski definition) is 0. The Kier molecular flexibility index (Phi) is 7.74. The highest BCUT2D eigenvalue weighted by Crippen LogP contribution is 2.44. The van der Waals surface area contributed by atoms with Crippen molar-refractivity contribution in [3.63, 3.8) is 0 Å². The smallest absolute Gasteiger partial charge is 0.244 e. The molecule has 3 fully saturated rings. The van der Waals surface area contributed by atoms with E-state index in [1.807, 2.05) is 11.9 Å². The molecule has 1 aromatic rings. The van der Waals surface area contributed by atoms with Gasteiger partial charge in [-0.25, -0.2) is 8.42 Å². The van der Waals surface area contributed by atoms with Crippen LogP contribution in [0.25, 0.3) is 0 Å². The molecule has 2 aliphatic heterocycles. The van der Waals surface area contributed by atoms with Crippen LogP contribution in [0, 0.1) is 5.92 Å². The number of rotatable bonds is 7. The second-order valence-electron chi connectivity index (χ2n) is 9.83. The summed E-state index contributed by atoms with van der Waals surface area (Å²) < 4.78 is 40.2. The first kappa shape index (κ1) is 25.3. The number of hydrogen-bond acceptors (Lipinski definition) is 6. The lowest BCUT2D eigenvalue weighted by Crippen LogP contribution is -2.53. The highest BCUT2D eigenvalue weighted by atomic mass is 32.2. The molecule has 3 unspecified atom stereocenters. The largest absolute Gasteiger partial charge is 0.493 e. The number of piperidine rings is 1. The predicted molar refractivity (Wildman–Crippen MR) is 131 cm³/mol. The molecule has 1 aliphatic carbocycles. The van der Waals surface area contributed by atoms with Gasteiger partial charge < -0.3 is 19.3 Å². The van der Waals surface area contributed by atoms with Gasteiger partial charge in [-0.3, -0.25) is 4.79 Å². The molecule has 3 atom stereocenters. The average molecular weight is 494 g/mol. The van der Waals surface area contributed by atoms with Crippen LogP contribution >= 0.6 is 0 Å². The standard InChI is InChI=1S/C25H39N3O5S/c1-5-27-14-12-19(13-15-27)26(2)25(29)22-16-18-8-6-7-9-21(18)28(22)34(30,31)20-10-11-23(32-3)24(17-20)33-4/h10-11,17-19,21-22H,5-9,12-16H2,1-4H3. The molecule has 0 bridgehead atoms. The van der Waals surface area contributed by atoms with Gasteiger partial charge in [0.2, 0.25) is 15.9 Å². The average Bonchev–Trinajstić information content (AvgIpc) is 3.27. The molecule has 8 nitrogen and oxygen atoms in total. The number of nitrogens with zero attached hydrogens (tertiary/aromatic N) is 3. The van der Waals surface area contributed by atoms with Crippen molar-refractivity contribution < 1.29 is 22.7 Å². The Balaban J connectivity index is 1.63. The third-order valence-electron chi connectivity index (χ3n) is 8.14. The lowest BCUT2D eigenvalue weighted by atomic mass is 9.85. The lowest BCUT2D eigenvalue weighted by Gasteiger charge is -2.39. The molecule has 9 heteroatoms. The number of carbonyl (C=O) groups excluding carboxylic acids is 1. The number of likely N-dealkylation sites (N-methyl/N-ethyl adjacent to an activating group) is 1. The number of carbonyl (C=O) groups is 1. The van der Waals surface area contributed by atoms with Crippen LogP contribution in [-0.4, -0.2) is 87.5 Å². The Morgan fingerprint density at radius 3 is 2.38 bits per heavy atom. The zero-order chi connectivity index (χ0) is 24.5. The summed E-state index contributed by atoms with van der Waals surface area (Å²) in [5.74, 6) is 1.01. The van der Waals surface area contributed by atoms with E-state index in [9.17, 15) is 13.2 Å². The first-order valence-corrected chi connectivity index (χ1v) is 14.0. The van der Waals surface area contributed by atoms with Crippen LogP contribution in [0.1, 0.15) is 51.9 Å². The number of ether oxygens (including phenoxy) is 2. The van der Waals surface area contributed by atoms with Crippen LogP contribution in [0.4, 0.5) is 0 Å². The van der Waals surface area contributed by atoms with Crippen molar-refractivity contribution >= 4 is 15.9 Å². The van der Waals surface area contributed by atoms with Gasteiger partial charge in [0.1, 0.15) is 6.04 Å². The van der Waals surface area contributed by atoms with E-state index in [2.05, 4.69) is 11.8 Å². The quantitative estimate of drug-likeness (QED) is 0.581. The molecule has 190 valence electrons. The minimum absolute atomic E-state index is 0.0617. The van der Waals surface area contributed by atoms with Gasteiger partial charge in [-0.15, -0.1) is 0 Å². The van der Waals surface area contributed by atoms with Crippen LogP contribution in [0.15, 0.2) is 23.1 Å². The second kappa shape index (κ2) is 10.4.